The normalized spacial score (nSPS) is 18.7. The first kappa shape index (κ1) is 18.2. The van der Waals surface area contributed by atoms with Gasteiger partial charge in [0, 0.05) is 37.9 Å². The number of aliphatic imine (C=N–C) groups is 1. The fourth-order valence-electron chi connectivity index (χ4n) is 3.41. The third-order valence-electron chi connectivity index (χ3n) is 5.05. The molecule has 2 aromatic carbocycles. The van der Waals surface area contributed by atoms with E-state index in [0.29, 0.717) is 0 Å². The van der Waals surface area contributed by atoms with E-state index in [9.17, 15) is 4.39 Å². The van der Waals surface area contributed by atoms with Gasteiger partial charge in [0.25, 0.3) is 0 Å². The van der Waals surface area contributed by atoms with Crippen molar-refractivity contribution in [3.63, 3.8) is 0 Å². The van der Waals surface area contributed by atoms with Crippen LogP contribution in [0.3, 0.4) is 0 Å². The van der Waals surface area contributed by atoms with Gasteiger partial charge in [0.2, 0.25) is 0 Å². The Morgan fingerprint density at radius 2 is 2.00 bits per heavy atom. The Labute approximate surface area is 164 Å². The first-order valence-electron chi connectivity index (χ1n) is 9.55. The molecule has 0 saturated heterocycles. The number of benzene rings is 2. The lowest BCUT2D eigenvalue weighted by molar-refractivity contribution is 0.607. The van der Waals surface area contributed by atoms with E-state index in [4.69, 9.17) is 0 Å². The van der Waals surface area contributed by atoms with E-state index in [2.05, 4.69) is 45.0 Å². The first-order valence-corrected chi connectivity index (χ1v) is 9.55. The number of rotatable bonds is 6. The van der Waals surface area contributed by atoms with Crippen LogP contribution < -0.4 is 10.6 Å². The Morgan fingerprint density at radius 3 is 2.71 bits per heavy atom. The highest BCUT2D eigenvalue weighted by Crippen LogP contribution is 2.41. The SMILES string of the molecule is CN=C(NCCc1ccc(-n2cccn2)cc1)NC1CC1c1ccccc1F. The number of halogens is 1. The molecule has 5 nitrogen and oxygen atoms in total. The van der Waals surface area contributed by atoms with Crippen LogP contribution >= 0.6 is 0 Å². The molecular formula is C22H24FN5. The van der Waals surface area contributed by atoms with Crippen LogP contribution in [0.4, 0.5) is 4.39 Å². The van der Waals surface area contributed by atoms with E-state index in [0.717, 1.165) is 36.6 Å². The molecule has 0 amide bonds. The van der Waals surface area contributed by atoms with Gasteiger partial charge in [-0.2, -0.15) is 5.10 Å². The molecule has 1 saturated carbocycles. The maximum absolute atomic E-state index is 13.9. The van der Waals surface area contributed by atoms with Crippen LogP contribution in [0, 0.1) is 5.82 Å². The van der Waals surface area contributed by atoms with E-state index >= 15 is 0 Å². The van der Waals surface area contributed by atoms with Crippen LogP contribution in [-0.2, 0) is 6.42 Å². The smallest absolute Gasteiger partial charge is 0.191 e. The summed E-state index contributed by atoms with van der Waals surface area (Å²) >= 11 is 0. The molecule has 1 heterocycles. The summed E-state index contributed by atoms with van der Waals surface area (Å²) in [5, 5.41) is 11.0. The first-order chi connectivity index (χ1) is 13.7. The molecule has 1 aliphatic carbocycles. The van der Waals surface area contributed by atoms with Crippen molar-refractivity contribution in [3.8, 4) is 5.69 Å². The molecule has 2 unspecified atom stereocenters. The monoisotopic (exact) mass is 377 g/mol. The summed E-state index contributed by atoms with van der Waals surface area (Å²) in [7, 11) is 1.76. The quantitative estimate of drug-likeness (QED) is 0.512. The molecule has 0 spiro atoms. The van der Waals surface area contributed by atoms with Crippen LogP contribution in [0.5, 0.6) is 0 Å². The van der Waals surface area contributed by atoms with Gasteiger partial charge in [-0.05, 0) is 48.2 Å². The average Bonchev–Trinajstić information content (AvgIpc) is 3.25. The standard InChI is InChI=1S/C22H24FN5/c1-24-22(27-21-15-19(21)18-5-2-3-6-20(18)23)25-13-11-16-7-9-17(10-8-16)28-14-4-12-26-28/h2-10,12,14,19,21H,11,13,15H2,1H3,(H2,24,25,27). The fourth-order valence-corrected chi connectivity index (χ4v) is 3.41. The highest BCUT2D eigenvalue weighted by molar-refractivity contribution is 5.80. The van der Waals surface area contributed by atoms with Crippen molar-refractivity contribution >= 4 is 5.96 Å². The molecule has 4 rings (SSSR count). The van der Waals surface area contributed by atoms with Gasteiger partial charge in [-0.1, -0.05) is 30.3 Å². The minimum Gasteiger partial charge on any atom is -0.356 e. The van der Waals surface area contributed by atoms with Crippen LogP contribution in [0.1, 0.15) is 23.5 Å². The van der Waals surface area contributed by atoms with Gasteiger partial charge in [0.1, 0.15) is 5.82 Å². The van der Waals surface area contributed by atoms with Gasteiger partial charge in [-0.3, -0.25) is 4.99 Å². The highest BCUT2D eigenvalue weighted by atomic mass is 19.1. The number of hydrogen-bond acceptors (Lipinski definition) is 2. The van der Waals surface area contributed by atoms with Crippen molar-refractivity contribution in [1.29, 1.82) is 0 Å². The zero-order valence-corrected chi connectivity index (χ0v) is 15.8. The Bertz CT molecular complexity index is 934. The summed E-state index contributed by atoms with van der Waals surface area (Å²) in [4.78, 5) is 4.29. The Morgan fingerprint density at radius 1 is 1.18 bits per heavy atom. The number of hydrogen-bond donors (Lipinski definition) is 2. The lowest BCUT2D eigenvalue weighted by Crippen LogP contribution is -2.39. The molecule has 1 fully saturated rings. The van der Waals surface area contributed by atoms with Crippen molar-refractivity contribution in [2.45, 2.75) is 24.8 Å². The molecule has 0 aliphatic heterocycles. The second kappa shape index (κ2) is 8.25. The Hall–Kier alpha value is -3.15. The molecule has 0 radical (unpaired) electrons. The lowest BCUT2D eigenvalue weighted by Gasteiger charge is -2.12. The topological polar surface area (TPSA) is 54.2 Å². The molecule has 1 aromatic heterocycles. The third-order valence-corrected chi connectivity index (χ3v) is 5.05. The lowest BCUT2D eigenvalue weighted by atomic mass is 10.1. The average molecular weight is 377 g/mol. The summed E-state index contributed by atoms with van der Waals surface area (Å²) in [5.41, 5.74) is 3.08. The molecule has 6 heteroatoms. The van der Waals surface area contributed by atoms with Gasteiger partial charge >= 0.3 is 0 Å². The van der Waals surface area contributed by atoms with Crippen molar-refractivity contribution < 1.29 is 4.39 Å². The zero-order chi connectivity index (χ0) is 19.3. The Balaban J connectivity index is 1.25. The molecule has 144 valence electrons. The van der Waals surface area contributed by atoms with Gasteiger partial charge in [-0.25, -0.2) is 9.07 Å². The summed E-state index contributed by atoms with van der Waals surface area (Å²) < 4.78 is 15.7. The van der Waals surface area contributed by atoms with Gasteiger partial charge in [0.15, 0.2) is 5.96 Å². The number of nitrogens with one attached hydrogen (secondary N) is 2. The summed E-state index contributed by atoms with van der Waals surface area (Å²) in [6.45, 7) is 0.776. The van der Waals surface area contributed by atoms with E-state index < -0.39 is 0 Å². The zero-order valence-electron chi connectivity index (χ0n) is 15.8. The minimum atomic E-state index is -0.127. The largest absolute Gasteiger partial charge is 0.356 e. The van der Waals surface area contributed by atoms with Crippen LogP contribution in [0.25, 0.3) is 5.69 Å². The van der Waals surface area contributed by atoms with Crippen LogP contribution in [-0.4, -0.2) is 35.4 Å². The van der Waals surface area contributed by atoms with Gasteiger partial charge in [0.05, 0.1) is 5.69 Å². The van der Waals surface area contributed by atoms with Crippen LogP contribution in [0.15, 0.2) is 72.0 Å². The number of aromatic nitrogens is 2. The van der Waals surface area contributed by atoms with E-state index in [1.165, 1.54) is 11.6 Å². The molecule has 2 N–H and O–H groups in total. The predicted octanol–water partition coefficient (Wildman–Crippen LogP) is 3.28. The summed E-state index contributed by atoms with van der Waals surface area (Å²) in [6, 6.07) is 17.5. The van der Waals surface area contributed by atoms with E-state index in [1.54, 1.807) is 19.3 Å². The predicted molar refractivity (Wildman–Crippen MR) is 109 cm³/mol. The number of nitrogens with zero attached hydrogens (tertiary/aromatic N) is 3. The second-order valence-electron chi connectivity index (χ2n) is 6.98. The third kappa shape index (κ3) is 4.22. The minimum absolute atomic E-state index is 0.127. The highest BCUT2D eigenvalue weighted by Gasteiger charge is 2.40. The maximum atomic E-state index is 13.9. The fraction of sp³-hybridized carbons (Fsp3) is 0.273. The van der Waals surface area contributed by atoms with Crippen LogP contribution in [0.2, 0.25) is 0 Å². The van der Waals surface area contributed by atoms with Crippen molar-refractivity contribution in [2.75, 3.05) is 13.6 Å². The molecule has 0 bridgehead atoms. The van der Waals surface area contributed by atoms with Crippen molar-refractivity contribution in [2.24, 2.45) is 4.99 Å². The van der Waals surface area contributed by atoms with Gasteiger partial charge < -0.3 is 10.6 Å². The number of guanidine groups is 1. The van der Waals surface area contributed by atoms with E-state index in [1.807, 2.05) is 29.1 Å². The summed E-state index contributed by atoms with van der Waals surface area (Å²) in [6.07, 6.45) is 5.52. The van der Waals surface area contributed by atoms with Crippen molar-refractivity contribution in [3.05, 3.63) is 83.9 Å². The second-order valence-corrected chi connectivity index (χ2v) is 6.98. The molecule has 2 atom stereocenters. The van der Waals surface area contributed by atoms with E-state index in [-0.39, 0.29) is 17.8 Å². The van der Waals surface area contributed by atoms with Gasteiger partial charge in [-0.15, -0.1) is 0 Å². The molecule has 28 heavy (non-hydrogen) atoms. The van der Waals surface area contributed by atoms with Crippen molar-refractivity contribution in [1.82, 2.24) is 20.4 Å². The molecule has 1 aliphatic rings. The summed E-state index contributed by atoms with van der Waals surface area (Å²) in [5.74, 6) is 0.852. The molecular weight excluding hydrogens is 353 g/mol. The Kier molecular flexibility index (Phi) is 5.37. The maximum Gasteiger partial charge on any atom is 0.191 e. The molecule has 3 aromatic rings.